The molecule has 0 fully saturated rings. The highest BCUT2D eigenvalue weighted by atomic mass is 35.5. The molecular formula is C11H7ClO3. The molecule has 1 N–H and O–H groups in total. The molecular weight excluding hydrogens is 216 g/mol. The summed E-state index contributed by atoms with van der Waals surface area (Å²) in [6, 6.07) is 7.48. The van der Waals surface area contributed by atoms with Gasteiger partial charge in [0.05, 0.1) is 11.3 Å². The first-order valence-corrected chi connectivity index (χ1v) is 4.63. The topological polar surface area (TPSA) is 50.4 Å². The summed E-state index contributed by atoms with van der Waals surface area (Å²) >= 11 is 5.69. The van der Waals surface area contributed by atoms with Gasteiger partial charge in [0.15, 0.2) is 5.76 Å². The van der Waals surface area contributed by atoms with Crippen LogP contribution in [0.1, 0.15) is 16.1 Å². The summed E-state index contributed by atoms with van der Waals surface area (Å²) in [5.41, 5.74) is 0.382. The Morgan fingerprint density at radius 2 is 2.13 bits per heavy atom. The molecule has 0 spiro atoms. The summed E-state index contributed by atoms with van der Waals surface area (Å²) in [6.45, 7) is 0. The zero-order chi connectivity index (χ0) is 10.8. The van der Waals surface area contributed by atoms with Crippen LogP contribution in [0.4, 0.5) is 0 Å². The van der Waals surface area contributed by atoms with Gasteiger partial charge in [0.1, 0.15) is 5.75 Å². The van der Waals surface area contributed by atoms with E-state index in [0.717, 1.165) is 0 Å². The lowest BCUT2D eigenvalue weighted by molar-refractivity contribution is 0.101. The van der Waals surface area contributed by atoms with Crippen LogP contribution in [0.15, 0.2) is 41.0 Å². The summed E-state index contributed by atoms with van der Waals surface area (Å²) in [5, 5.41) is 9.34. The third kappa shape index (κ3) is 1.87. The number of phenolic OH excluding ortho intramolecular Hbond substituents is 1. The standard InChI is InChI=1S/C11H7ClO3/c12-8-6-7(3-4-9(8)13)11(14)10-2-1-5-15-10/h1-6,13H. The molecule has 2 aromatic rings. The van der Waals surface area contributed by atoms with E-state index in [-0.39, 0.29) is 22.3 Å². The molecule has 0 saturated heterocycles. The lowest BCUT2D eigenvalue weighted by atomic mass is 10.1. The molecule has 0 unspecified atom stereocenters. The maximum atomic E-state index is 11.7. The van der Waals surface area contributed by atoms with Crippen LogP contribution in [-0.4, -0.2) is 10.9 Å². The van der Waals surface area contributed by atoms with E-state index < -0.39 is 0 Å². The maximum Gasteiger partial charge on any atom is 0.228 e. The van der Waals surface area contributed by atoms with Crippen molar-refractivity contribution in [2.24, 2.45) is 0 Å². The molecule has 0 aliphatic carbocycles. The van der Waals surface area contributed by atoms with Crippen molar-refractivity contribution in [3.63, 3.8) is 0 Å². The number of carbonyl (C=O) groups excluding carboxylic acids is 1. The van der Waals surface area contributed by atoms with Crippen molar-refractivity contribution >= 4 is 17.4 Å². The molecule has 4 heteroatoms. The minimum absolute atomic E-state index is 0.0485. The zero-order valence-corrected chi connectivity index (χ0v) is 8.36. The Kier molecular flexibility index (Phi) is 2.47. The van der Waals surface area contributed by atoms with E-state index in [0.29, 0.717) is 5.56 Å². The monoisotopic (exact) mass is 222 g/mol. The predicted octanol–water partition coefficient (Wildman–Crippen LogP) is 2.87. The highest BCUT2D eigenvalue weighted by molar-refractivity contribution is 6.32. The van der Waals surface area contributed by atoms with E-state index >= 15 is 0 Å². The summed E-state index contributed by atoms with van der Waals surface area (Å²) < 4.78 is 4.96. The number of benzene rings is 1. The second-order valence-corrected chi connectivity index (χ2v) is 3.38. The molecule has 1 aromatic carbocycles. The second-order valence-electron chi connectivity index (χ2n) is 2.97. The Hall–Kier alpha value is -1.74. The summed E-state index contributed by atoms with van der Waals surface area (Å²) in [7, 11) is 0. The third-order valence-electron chi connectivity index (χ3n) is 1.95. The van der Waals surface area contributed by atoms with Crippen molar-refractivity contribution in [3.05, 3.63) is 52.9 Å². The molecule has 0 atom stereocenters. The van der Waals surface area contributed by atoms with Crippen molar-refractivity contribution in [1.29, 1.82) is 0 Å². The van der Waals surface area contributed by atoms with Gasteiger partial charge in [-0.1, -0.05) is 11.6 Å². The number of hydrogen-bond donors (Lipinski definition) is 1. The first-order chi connectivity index (χ1) is 7.18. The lowest BCUT2D eigenvalue weighted by Gasteiger charge is -2.00. The number of halogens is 1. The minimum atomic E-state index is -0.262. The van der Waals surface area contributed by atoms with E-state index in [1.807, 2.05) is 0 Å². The van der Waals surface area contributed by atoms with Gasteiger partial charge in [0, 0.05) is 5.56 Å². The van der Waals surface area contributed by atoms with Crippen LogP contribution in [0.25, 0.3) is 0 Å². The third-order valence-corrected chi connectivity index (χ3v) is 2.26. The summed E-state index contributed by atoms with van der Waals surface area (Å²) in [6.07, 6.45) is 1.43. The molecule has 3 nitrogen and oxygen atoms in total. The molecule has 1 aromatic heterocycles. The largest absolute Gasteiger partial charge is 0.506 e. The molecule has 15 heavy (non-hydrogen) atoms. The van der Waals surface area contributed by atoms with Crippen molar-refractivity contribution in [1.82, 2.24) is 0 Å². The van der Waals surface area contributed by atoms with Crippen LogP contribution >= 0.6 is 11.6 Å². The van der Waals surface area contributed by atoms with E-state index in [2.05, 4.69) is 0 Å². The number of aromatic hydroxyl groups is 1. The van der Waals surface area contributed by atoms with Crippen molar-refractivity contribution < 1.29 is 14.3 Å². The maximum absolute atomic E-state index is 11.7. The SMILES string of the molecule is O=C(c1ccc(O)c(Cl)c1)c1ccco1. The minimum Gasteiger partial charge on any atom is -0.506 e. The van der Waals surface area contributed by atoms with Gasteiger partial charge >= 0.3 is 0 Å². The van der Waals surface area contributed by atoms with Crippen LogP contribution < -0.4 is 0 Å². The van der Waals surface area contributed by atoms with Gasteiger partial charge in [-0.15, -0.1) is 0 Å². The fourth-order valence-corrected chi connectivity index (χ4v) is 1.38. The van der Waals surface area contributed by atoms with Gasteiger partial charge < -0.3 is 9.52 Å². The number of hydrogen-bond acceptors (Lipinski definition) is 3. The van der Waals surface area contributed by atoms with Gasteiger partial charge in [0.25, 0.3) is 0 Å². The summed E-state index contributed by atoms with van der Waals surface area (Å²) in [4.78, 5) is 11.7. The number of rotatable bonds is 2. The number of carbonyl (C=O) groups is 1. The summed E-state index contributed by atoms with van der Waals surface area (Å²) in [5.74, 6) is -0.0636. The Bertz CT molecular complexity index is 489. The zero-order valence-electron chi connectivity index (χ0n) is 7.61. The lowest BCUT2D eigenvalue weighted by Crippen LogP contribution is -1.98. The molecule has 1 heterocycles. The normalized spacial score (nSPS) is 10.2. The fraction of sp³-hybridized carbons (Fsp3) is 0. The number of ketones is 1. The van der Waals surface area contributed by atoms with Gasteiger partial charge in [-0.3, -0.25) is 4.79 Å². The number of furan rings is 1. The first kappa shape index (κ1) is 9.80. The number of phenols is 1. The van der Waals surface area contributed by atoms with Gasteiger partial charge in [-0.05, 0) is 30.3 Å². The van der Waals surface area contributed by atoms with Crippen LogP contribution in [-0.2, 0) is 0 Å². The molecule has 0 radical (unpaired) electrons. The van der Waals surface area contributed by atoms with Gasteiger partial charge in [-0.25, -0.2) is 0 Å². The molecule has 0 amide bonds. The van der Waals surface area contributed by atoms with Gasteiger partial charge in [-0.2, -0.15) is 0 Å². The predicted molar refractivity (Wildman–Crippen MR) is 55.3 cm³/mol. The molecule has 0 bridgehead atoms. The van der Waals surface area contributed by atoms with Crippen LogP contribution in [0.3, 0.4) is 0 Å². The molecule has 2 rings (SSSR count). The second kappa shape index (κ2) is 3.79. The molecule has 0 aliphatic rings. The van der Waals surface area contributed by atoms with Gasteiger partial charge in [0.2, 0.25) is 5.78 Å². The van der Waals surface area contributed by atoms with E-state index in [4.69, 9.17) is 16.0 Å². The quantitative estimate of drug-likeness (QED) is 0.795. The van der Waals surface area contributed by atoms with Crippen molar-refractivity contribution in [2.45, 2.75) is 0 Å². The molecule has 0 aliphatic heterocycles. The van der Waals surface area contributed by atoms with Crippen LogP contribution in [0.2, 0.25) is 5.02 Å². The Morgan fingerprint density at radius 1 is 1.33 bits per heavy atom. The van der Waals surface area contributed by atoms with Crippen molar-refractivity contribution in [3.8, 4) is 5.75 Å². The van der Waals surface area contributed by atoms with Crippen molar-refractivity contribution in [2.75, 3.05) is 0 Å². The smallest absolute Gasteiger partial charge is 0.228 e. The Labute approximate surface area is 90.9 Å². The van der Waals surface area contributed by atoms with Crippen LogP contribution in [0.5, 0.6) is 5.75 Å². The average molecular weight is 223 g/mol. The van der Waals surface area contributed by atoms with Crippen LogP contribution in [0, 0.1) is 0 Å². The van der Waals surface area contributed by atoms with E-state index in [9.17, 15) is 9.90 Å². The fourth-order valence-electron chi connectivity index (χ4n) is 1.20. The van der Waals surface area contributed by atoms with E-state index in [1.54, 1.807) is 12.1 Å². The molecule has 76 valence electrons. The Morgan fingerprint density at radius 3 is 2.73 bits per heavy atom. The van der Waals surface area contributed by atoms with E-state index in [1.165, 1.54) is 24.5 Å². The Balaban J connectivity index is 2.39. The highest BCUT2D eigenvalue weighted by Crippen LogP contribution is 2.24. The first-order valence-electron chi connectivity index (χ1n) is 4.25. The average Bonchev–Trinajstić information content (AvgIpc) is 2.74. The molecule has 0 saturated carbocycles. The highest BCUT2D eigenvalue weighted by Gasteiger charge is 2.12.